The zero-order valence-electron chi connectivity index (χ0n) is 36.2. The predicted molar refractivity (Wildman–Crippen MR) is 233 cm³/mol. The van der Waals surface area contributed by atoms with Crippen molar-refractivity contribution in [3.05, 3.63) is 24.3 Å². The average Bonchev–Trinajstić information content (AvgIpc) is 3.17. The Labute approximate surface area is 331 Å². The van der Waals surface area contributed by atoms with Gasteiger partial charge in [0.1, 0.15) is 11.5 Å². The summed E-state index contributed by atoms with van der Waals surface area (Å²) < 4.78 is 13.0. The molecule has 1 rings (SSSR count). The standard InChI is InChI=1S/C48H92N2O3/c1-5-9-13-17-21-25-29-39-49(40-30-26-22-18-14-10-6-2)43-33-45-52-48(53-47-36-34-46(51)35-37-47)38-44-50(41-31-27-23-19-15-11-7-3)42-32-28-24-20-16-12-8-4/h34-37,48,51H,5-33,38-45H2,1-4H3. The molecule has 0 fully saturated rings. The maximum Gasteiger partial charge on any atom is 0.201 e. The molecule has 1 unspecified atom stereocenters. The van der Waals surface area contributed by atoms with E-state index in [4.69, 9.17) is 9.47 Å². The molecule has 5 nitrogen and oxygen atoms in total. The Morgan fingerprint density at radius 3 is 1.11 bits per heavy atom. The van der Waals surface area contributed by atoms with Crippen LogP contribution in [0.5, 0.6) is 11.5 Å². The van der Waals surface area contributed by atoms with E-state index >= 15 is 0 Å². The molecule has 0 heterocycles. The maximum atomic E-state index is 9.87. The average molecular weight is 745 g/mol. The van der Waals surface area contributed by atoms with Crippen LogP contribution in [0.2, 0.25) is 0 Å². The summed E-state index contributed by atoms with van der Waals surface area (Å²) in [7, 11) is 0. The van der Waals surface area contributed by atoms with Gasteiger partial charge in [-0.25, -0.2) is 0 Å². The lowest BCUT2D eigenvalue weighted by atomic mass is 10.1. The molecule has 0 amide bonds. The summed E-state index contributed by atoms with van der Waals surface area (Å²) in [6, 6.07) is 7.16. The topological polar surface area (TPSA) is 45.2 Å². The molecule has 0 aliphatic rings. The van der Waals surface area contributed by atoms with E-state index in [-0.39, 0.29) is 12.0 Å². The van der Waals surface area contributed by atoms with E-state index in [1.165, 1.54) is 206 Å². The Bertz CT molecular complexity index is 814. The summed E-state index contributed by atoms with van der Waals surface area (Å²) in [5.74, 6) is 1.05. The fourth-order valence-electron chi connectivity index (χ4n) is 7.48. The molecule has 1 atom stereocenters. The first kappa shape index (κ1) is 49.7. The number of hydrogen-bond acceptors (Lipinski definition) is 5. The summed E-state index contributed by atoms with van der Waals surface area (Å²) in [5, 5.41) is 9.87. The first-order chi connectivity index (χ1) is 26.1. The van der Waals surface area contributed by atoms with Crippen LogP contribution < -0.4 is 4.74 Å². The van der Waals surface area contributed by atoms with Gasteiger partial charge in [0.05, 0.1) is 6.61 Å². The van der Waals surface area contributed by atoms with Crippen molar-refractivity contribution in [1.82, 2.24) is 9.80 Å². The Morgan fingerprint density at radius 2 is 0.736 bits per heavy atom. The van der Waals surface area contributed by atoms with E-state index in [2.05, 4.69) is 37.5 Å². The lowest BCUT2D eigenvalue weighted by molar-refractivity contribution is -0.0897. The highest BCUT2D eigenvalue weighted by atomic mass is 16.7. The minimum absolute atomic E-state index is 0.271. The van der Waals surface area contributed by atoms with Crippen molar-refractivity contribution in [2.75, 3.05) is 45.9 Å². The van der Waals surface area contributed by atoms with Gasteiger partial charge in [-0.2, -0.15) is 0 Å². The number of phenolic OH excluding ortho intramolecular Hbond substituents is 1. The van der Waals surface area contributed by atoms with Crippen molar-refractivity contribution in [2.45, 2.75) is 227 Å². The van der Waals surface area contributed by atoms with Crippen LogP contribution in [0.3, 0.4) is 0 Å². The highest BCUT2D eigenvalue weighted by Gasteiger charge is 2.15. The second-order valence-corrected chi connectivity index (χ2v) is 16.2. The molecule has 312 valence electrons. The molecule has 0 bridgehead atoms. The number of nitrogens with zero attached hydrogens (tertiary/aromatic N) is 2. The molecule has 0 radical (unpaired) electrons. The number of phenols is 1. The van der Waals surface area contributed by atoms with Gasteiger partial charge in [0.15, 0.2) is 0 Å². The zero-order valence-corrected chi connectivity index (χ0v) is 36.2. The number of unbranched alkanes of at least 4 members (excludes halogenated alkanes) is 24. The van der Waals surface area contributed by atoms with Crippen molar-refractivity contribution in [3.8, 4) is 11.5 Å². The number of ether oxygens (including phenoxy) is 2. The van der Waals surface area contributed by atoms with E-state index in [9.17, 15) is 5.11 Å². The zero-order chi connectivity index (χ0) is 38.3. The van der Waals surface area contributed by atoms with E-state index in [0.29, 0.717) is 0 Å². The van der Waals surface area contributed by atoms with Gasteiger partial charge in [0, 0.05) is 19.5 Å². The largest absolute Gasteiger partial charge is 0.508 e. The quantitative estimate of drug-likeness (QED) is 0.0533. The van der Waals surface area contributed by atoms with Crippen LogP contribution in [-0.2, 0) is 4.74 Å². The second-order valence-electron chi connectivity index (χ2n) is 16.2. The van der Waals surface area contributed by atoms with Gasteiger partial charge in [-0.05, 0) is 82.5 Å². The van der Waals surface area contributed by atoms with Crippen LogP contribution in [0.4, 0.5) is 0 Å². The lowest BCUT2D eigenvalue weighted by Crippen LogP contribution is -2.33. The molecule has 0 saturated heterocycles. The van der Waals surface area contributed by atoms with Crippen LogP contribution in [0.15, 0.2) is 24.3 Å². The van der Waals surface area contributed by atoms with Crippen LogP contribution in [0.1, 0.15) is 220 Å². The fourth-order valence-corrected chi connectivity index (χ4v) is 7.48. The van der Waals surface area contributed by atoms with Crippen molar-refractivity contribution >= 4 is 0 Å². The minimum Gasteiger partial charge on any atom is -0.508 e. The molecule has 0 aromatic heterocycles. The summed E-state index contributed by atoms with van der Waals surface area (Å²) in [5.41, 5.74) is 0. The van der Waals surface area contributed by atoms with Crippen LogP contribution >= 0.6 is 0 Å². The van der Waals surface area contributed by atoms with Gasteiger partial charge in [0.25, 0.3) is 0 Å². The highest BCUT2D eigenvalue weighted by molar-refractivity contribution is 5.30. The Balaban J connectivity index is 2.71. The molecule has 0 spiro atoms. The minimum atomic E-state index is -0.273. The van der Waals surface area contributed by atoms with Gasteiger partial charge in [-0.15, -0.1) is 0 Å². The van der Waals surface area contributed by atoms with Gasteiger partial charge in [-0.1, -0.05) is 182 Å². The Hall–Kier alpha value is -1.30. The second kappa shape index (κ2) is 39.0. The molecule has 1 aromatic rings. The Kier molecular flexibility index (Phi) is 36.5. The van der Waals surface area contributed by atoms with Crippen LogP contribution in [-0.4, -0.2) is 67.1 Å². The lowest BCUT2D eigenvalue weighted by Gasteiger charge is -2.27. The van der Waals surface area contributed by atoms with E-state index in [0.717, 1.165) is 38.3 Å². The molecule has 1 N–H and O–H groups in total. The summed E-state index contributed by atoms with van der Waals surface area (Å²) >= 11 is 0. The predicted octanol–water partition coefficient (Wildman–Crippen LogP) is 14.5. The smallest absolute Gasteiger partial charge is 0.201 e. The van der Waals surface area contributed by atoms with Crippen LogP contribution in [0.25, 0.3) is 0 Å². The van der Waals surface area contributed by atoms with Gasteiger partial charge < -0.3 is 24.4 Å². The van der Waals surface area contributed by atoms with Gasteiger partial charge in [0.2, 0.25) is 6.29 Å². The summed E-state index contributed by atoms with van der Waals surface area (Å²) in [4.78, 5) is 5.42. The van der Waals surface area contributed by atoms with Crippen molar-refractivity contribution in [2.24, 2.45) is 0 Å². The molecule has 5 heteroatoms. The molecule has 0 saturated carbocycles. The molecule has 53 heavy (non-hydrogen) atoms. The first-order valence-corrected chi connectivity index (χ1v) is 23.6. The van der Waals surface area contributed by atoms with E-state index in [1.54, 1.807) is 12.1 Å². The number of rotatable bonds is 42. The monoisotopic (exact) mass is 745 g/mol. The molecule has 0 aliphatic heterocycles. The molecule has 1 aromatic carbocycles. The maximum absolute atomic E-state index is 9.87. The summed E-state index contributed by atoms with van der Waals surface area (Å²) in [6.07, 6.45) is 39.8. The third-order valence-corrected chi connectivity index (χ3v) is 11.0. The normalized spacial score (nSPS) is 12.3. The van der Waals surface area contributed by atoms with Crippen molar-refractivity contribution < 1.29 is 14.6 Å². The number of aromatic hydroxyl groups is 1. The third-order valence-electron chi connectivity index (χ3n) is 11.0. The number of hydrogen-bond donors (Lipinski definition) is 1. The third kappa shape index (κ3) is 32.6. The van der Waals surface area contributed by atoms with E-state index < -0.39 is 0 Å². The molecular weight excluding hydrogens is 653 g/mol. The van der Waals surface area contributed by atoms with Crippen molar-refractivity contribution in [1.29, 1.82) is 0 Å². The van der Waals surface area contributed by atoms with Crippen LogP contribution in [0, 0.1) is 0 Å². The molecule has 0 aliphatic carbocycles. The van der Waals surface area contributed by atoms with Crippen molar-refractivity contribution in [3.63, 3.8) is 0 Å². The SMILES string of the molecule is CCCCCCCCCN(CCCCCCCCC)CCCOC(CCN(CCCCCCCCC)CCCCCCCCC)Oc1ccc(O)cc1. The number of benzene rings is 1. The van der Waals surface area contributed by atoms with E-state index in [1.807, 2.05) is 12.1 Å². The van der Waals surface area contributed by atoms with Gasteiger partial charge in [-0.3, -0.25) is 0 Å². The highest BCUT2D eigenvalue weighted by Crippen LogP contribution is 2.20. The molecular formula is C48H92N2O3. The first-order valence-electron chi connectivity index (χ1n) is 23.6. The van der Waals surface area contributed by atoms with Gasteiger partial charge >= 0.3 is 0 Å². The Morgan fingerprint density at radius 1 is 0.415 bits per heavy atom. The summed E-state index contributed by atoms with van der Waals surface area (Å²) in [6.45, 7) is 16.9. The fraction of sp³-hybridized carbons (Fsp3) is 0.875.